The molecule has 0 bridgehead atoms. The van der Waals surface area contributed by atoms with E-state index in [1.807, 2.05) is 19.9 Å². The second-order valence-electron chi connectivity index (χ2n) is 9.37. The van der Waals surface area contributed by atoms with Crippen LogP contribution in [-0.4, -0.2) is 30.0 Å². The summed E-state index contributed by atoms with van der Waals surface area (Å²) >= 11 is 0. The van der Waals surface area contributed by atoms with Crippen LogP contribution in [-0.2, 0) is 18.0 Å². The summed E-state index contributed by atoms with van der Waals surface area (Å²) < 4.78 is 41.0. The molecular weight excluding hydrogens is 441 g/mol. The van der Waals surface area contributed by atoms with Gasteiger partial charge in [-0.25, -0.2) is 0 Å². The summed E-state index contributed by atoms with van der Waals surface area (Å²) in [5.41, 5.74) is 2.76. The normalized spacial score (nSPS) is 12.5. The van der Waals surface area contributed by atoms with Crippen LogP contribution in [0.15, 0.2) is 61.2 Å². The van der Waals surface area contributed by atoms with Crippen molar-refractivity contribution >= 4 is 0 Å². The first-order valence-corrected chi connectivity index (χ1v) is 11.1. The fourth-order valence-corrected chi connectivity index (χ4v) is 3.87. The Morgan fingerprint density at radius 2 is 1.26 bits per heavy atom. The molecule has 4 rings (SSSR count). The number of benzene rings is 2. The fourth-order valence-electron chi connectivity index (χ4n) is 3.87. The molecule has 2 aromatic heterocycles. The Balaban J connectivity index is 1.66. The molecule has 0 aliphatic heterocycles. The van der Waals surface area contributed by atoms with Crippen molar-refractivity contribution in [1.29, 1.82) is 0 Å². The van der Waals surface area contributed by atoms with Crippen molar-refractivity contribution in [2.45, 2.75) is 58.0 Å². The van der Waals surface area contributed by atoms with Crippen LogP contribution in [0.2, 0.25) is 0 Å². The Hall–Kier alpha value is -3.49. The first-order chi connectivity index (χ1) is 16.0. The largest absolute Gasteiger partial charge is 0.416 e. The summed E-state index contributed by atoms with van der Waals surface area (Å²) in [4.78, 5) is 2.79. The molecule has 0 saturated carbocycles. The molecule has 0 fully saturated rings. The van der Waals surface area contributed by atoms with Crippen LogP contribution < -0.4 is 0 Å². The molecule has 178 valence electrons. The van der Waals surface area contributed by atoms with Crippen molar-refractivity contribution in [2.24, 2.45) is 0 Å². The third kappa shape index (κ3) is 5.18. The third-order valence-electron chi connectivity index (χ3n) is 6.03. The summed E-state index contributed by atoms with van der Waals surface area (Å²) in [6.45, 7) is 8.17. The lowest BCUT2D eigenvalue weighted by Gasteiger charge is -2.27. The quantitative estimate of drug-likeness (QED) is 0.339. The minimum absolute atomic E-state index is 0.289. The maximum atomic E-state index is 13.7. The van der Waals surface area contributed by atoms with Gasteiger partial charge in [0.2, 0.25) is 0 Å². The molecule has 2 aromatic carbocycles. The van der Waals surface area contributed by atoms with Gasteiger partial charge < -0.3 is 0 Å². The summed E-state index contributed by atoms with van der Waals surface area (Å²) in [6.07, 6.45) is 3.01. The Labute approximate surface area is 196 Å². The molecule has 4 aromatic rings. The monoisotopic (exact) mass is 468 g/mol. The molecule has 0 unspecified atom stereocenters. The predicted octanol–water partition coefficient (Wildman–Crippen LogP) is 5.90. The molecule has 0 aliphatic rings. The van der Waals surface area contributed by atoms with Crippen LogP contribution in [0.4, 0.5) is 13.2 Å². The number of aromatic nitrogens is 6. The summed E-state index contributed by atoms with van der Waals surface area (Å²) in [6, 6.07) is 10.3. The number of aryl methyl sites for hydroxylation is 1. The van der Waals surface area contributed by atoms with E-state index in [-0.39, 0.29) is 5.69 Å². The van der Waals surface area contributed by atoms with Crippen LogP contribution in [0.3, 0.4) is 0 Å². The van der Waals surface area contributed by atoms with Crippen LogP contribution in [0.5, 0.6) is 0 Å². The highest BCUT2D eigenvalue weighted by atomic mass is 19.4. The van der Waals surface area contributed by atoms with Gasteiger partial charge in [0, 0.05) is 0 Å². The standard InChI is InChI=1S/C25H27F3N6/c1-17(2)19-11-18(12-22(13-19)33-29-7-8-30-33)5-6-24(3,4)20-14-21(25(26,27)28)16-23(15-20)34-31-9-10-32-34/h7-17H,5-6H2,1-4H3. The van der Waals surface area contributed by atoms with Gasteiger partial charge in [0.05, 0.1) is 41.7 Å². The molecule has 0 saturated heterocycles. The smallest absolute Gasteiger partial charge is 0.166 e. The Kier molecular flexibility index (Phi) is 6.29. The van der Waals surface area contributed by atoms with Gasteiger partial charge >= 0.3 is 6.18 Å². The molecule has 0 N–H and O–H groups in total. The third-order valence-corrected chi connectivity index (χ3v) is 6.03. The first-order valence-electron chi connectivity index (χ1n) is 11.1. The van der Waals surface area contributed by atoms with E-state index < -0.39 is 17.2 Å². The average Bonchev–Trinajstić information content (AvgIpc) is 3.51. The second-order valence-corrected chi connectivity index (χ2v) is 9.37. The van der Waals surface area contributed by atoms with Crippen LogP contribution in [0.25, 0.3) is 11.4 Å². The van der Waals surface area contributed by atoms with E-state index in [9.17, 15) is 13.2 Å². The highest BCUT2D eigenvalue weighted by Crippen LogP contribution is 2.37. The Bertz CT molecular complexity index is 1240. The topological polar surface area (TPSA) is 61.4 Å². The summed E-state index contributed by atoms with van der Waals surface area (Å²) in [5.74, 6) is 0.315. The first kappa shape index (κ1) is 23.7. The fraction of sp³-hybridized carbons (Fsp3) is 0.360. The van der Waals surface area contributed by atoms with Crippen LogP contribution in [0.1, 0.15) is 62.3 Å². The molecule has 6 nitrogen and oxygen atoms in total. The predicted molar refractivity (Wildman–Crippen MR) is 123 cm³/mol. The highest BCUT2D eigenvalue weighted by Gasteiger charge is 2.33. The molecule has 0 spiro atoms. The van der Waals surface area contributed by atoms with Gasteiger partial charge in [-0.2, -0.15) is 43.2 Å². The number of hydrogen-bond donors (Lipinski definition) is 0. The number of halogens is 3. The number of nitrogens with zero attached hydrogens (tertiary/aromatic N) is 6. The number of hydrogen-bond acceptors (Lipinski definition) is 4. The van der Waals surface area contributed by atoms with E-state index >= 15 is 0 Å². The minimum Gasteiger partial charge on any atom is -0.166 e. The van der Waals surface area contributed by atoms with Crippen LogP contribution >= 0.6 is 0 Å². The molecule has 9 heteroatoms. The zero-order chi connectivity index (χ0) is 24.5. The molecule has 0 atom stereocenters. The Morgan fingerprint density at radius 1 is 0.735 bits per heavy atom. The lowest BCUT2D eigenvalue weighted by Crippen LogP contribution is -2.20. The minimum atomic E-state index is -4.47. The van der Waals surface area contributed by atoms with Gasteiger partial charge in [-0.3, -0.25) is 0 Å². The summed E-state index contributed by atoms with van der Waals surface area (Å²) in [7, 11) is 0. The maximum Gasteiger partial charge on any atom is 0.416 e. The van der Waals surface area contributed by atoms with Crippen molar-refractivity contribution in [3.63, 3.8) is 0 Å². The van der Waals surface area contributed by atoms with Gasteiger partial charge in [0.25, 0.3) is 0 Å². The molecule has 0 radical (unpaired) electrons. The SMILES string of the molecule is CC(C)c1cc(CCC(C)(C)c2cc(-n3nccn3)cc(C(F)(F)F)c2)cc(-n2nccn2)c1. The highest BCUT2D eigenvalue weighted by molar-refractivity contribution is 5.44. The van der Waals surface area contributed by atoms with E-state index in [1.165, 1.54) is 23.3 Å². The zero-order valence-corrected chi connectivity index (χ0v) is 19.6. The van der Waals surface area contributed by atoms with E-state index in [4.69, 9.17) is 0 Å². The maximum absolute atomic E-state index is 13.7. The van der Waals surface area contributed by atoms with Crippen molar-refractivity contribution in [1.82, 2.24) is 30.0 Å². The van der Waals surface area contributed by atoms with Crippen molar-refractivity contribution < 1.29 is 13.2 Å². The lowest BCUT2D eigenvalue weighted by atomic mass is 9.78. The van der Waals surface area contributed by atoms with Gasteiger partial charge in [-0.1, -0.05) is 33.8 Å². The zero-order valence-electron chi connectivity index (χ0n) is 19.6. The van der Waals surface area contributed by atoms with Crippen molar-refractivity contribution in [3.05, 3.63) is 83.4 Å². The van der Waals surface area contributed by atoms with E-state index in [0.29, 0.717) is 24.3 Å². The summed E-state index contributed by atoms with van der Waals surface area (Å²) in [5, 5.41) is 16.5. The van der Waals surface area contributed by atoms with E-state index in [0.717, 1.165) is 22.9 Å². The van der Waals surface area contributed by atoms with E-state index in [1.54, 1.807) is 23.3 Å². The van der Waals surface area contributed by atoms with Gasteiger partial charge in [-0.05, 0) is 71.2 Å². The van der Waals surface area contributed by atoms with Gasteiger partial charge in [0.1, 0.15) is 0 Å². The number of rotatable bonds is 7. The van der Waals surface area contributed by atoms with Crippen molar-refractivity contribution in [3.8, 4) is 11.4 Å². The second kappa shape index (κ2) is 9.04. The average molecular weight is 469 g/mol. The lowest BCUT2D eigenvalue weighted by molar-refractivity contribution is -0.137. The number of alkyl halides is 3. The van der Waals surface area contributed by atoms with Gasteiger partial charge in [-0.15, -0.1) is 0 Å². The molecule has 0 amide bonds. The van der Waals surface area contributed by atoms with Crippen LogP contribution in [0, 0.1) is 0 Å². The van der Waals surface area contributed by atoms with E-state index in [2.05, 4.69) is 46.4 Å². The van der Waals surface area contributed by atoms with Crippen molar-refractivity contribution in [2.75, 3.05) is 0 Å². The molecule has 34 heavy (non-hydrogen) atoms. The molecule has 2 heterocycles. The Morgan fingerprint density at radius 3 is 1.79 bits per heavy atom. The molecule has 0 aliphatic carbocycles. The van der Waals surface area contributed by atoms with Gasteiger partial charge in [0.15, 0.2) is 0 Å². The molecular formula is C25H27F3N6.